The van der Waals surface area contributed by atoms with E-state index in [1.54, 1.807) is 18.2 Å². The van der Waals surface area contributed by atoms with Gasteiger partial charge in [0.2, 0.25) is 0 Å². The number of anilines is 1. The second-order valence-electron chi connectivity index (χ2n) is 3.82. The van der Waals surface area contributed by atoms with Crippen LogP contribution in [0.4, 0.5) is 10.5 Å². The second kappa shape index (κ2) is 5.58. The number of amides is 2. The van der Waals surface area contributed by atoms with E-state index in [4.69, 9.17) is 27.9 Å². The quantitative estimate of drug-likeness (QED) is 0.871. The van der Waals surface area contributed by atoms with Gasteiger partial charge in [-0.25, -0.2) is 4.79 Å². The van der Waals surface area contributed by atoms with E-state index < -0.39 is 0 Å². The molecule has 0 saturated carbocycles. The van der Waals surface area contributed by atoms with Crippen LogP contribution in [0.25, 0.3) is 0 Å². The Labute approximate surface area is 109 Å². The van der Waals surface area contributed by atoms with E-state index in [2.05, 4.69) is 10.6 Å². The summed E-state index contributed by atoms with van der Waals surface area (Å²) in [6, 6.07) is 4.68. The molecule has 0 aliphatic carbocycles. The number of carbonyl (C=O) groups excluding carboxylic acids is 1. The summed E-state index contributed by atoms with van der Waals surface area (Å²) in [6.45, 7) is 1.25. The second-order valence-corrected chi connectivity index (χ2v) is 4.69. The smallest absolute Gasteiger partial charge is 0.319 e. The number of benzene rings is 1. The lowest BCUT2D eigenvalue weighted by Gasteiger charge is -2.12. The summed E-state index contributed by atoms with van der Waals surface area (Å²) in [5.41, 5.74) is 0.568. The van der Waals surface area contributed by atoms with E-state index in [-0.39, 0.29) is 12.1 Å². The molecule has 92 valence electrons. The molecule has 4 nitrogen and oxygen atoms in total. The lowest BCUT2D eigenvalue weighted by molar-refractivity contribution is 0.189. The van der Waals surface area contributed by atoms with Crippen LogP contribution in [-0.2, 0) is 4.74 Å². The molecule has 1 fully saturated rings. The van der Waals surface area contributed by atoms with Crippen LogP contribution < -0.4 is 10.6 Å². The number of nitrogens with one attached hydrogen (secondary N) is 2. The Morgan fingerprint density at radius 3 is 2.59 bits per heavy atom. The lowest BCUT2D eigenvalue weighted by Crippen LogP contribution is -2.38. The van der Waals surface area contributed by atoms with E-state index in [0.717, 1.165) is 6.42 Å². The third kappa shape index (κ3) is 3.77. The molecule has 1 aromatic rings. The Hall–Kier alpha value is -0.970. The fraction of sp³-hybridized carbons (Fsp3) is 0.364. The van der Waals surface area contributed by atoms with Gasteiger partial charge in [0, 0.05) is 22.3 Å². The van der Waals surface area contributed by atoms with Crippen molar-refractivity contribution in [3.8, 4) is 0 Å². The Bertz CT molecular complexity index is 400. The van der Waals surface area contributed by atoms with E-state index in [9.17, 15) is 4.79 Å². The van der Waals surface area contributed by atoms with E-state index >= 15 is 0 Å². The summed E-state index contributed by atoms with van der Waals surface area (Å²) in [5.74, 6) is 0. The lowest BCUT2D eigenvalue weighted by atomic mass is 10.3. The Morgan fingerprint density at radius 1 is 1.29 bits per heavy atom. The van der Waals surface area contributed by atoms with Gasteiger partial charge in [0.15, 0.2) is 0 Å². The van der Waals surface area contributed by atoms with Crippen molar-refractivity contribution in [3.05, 3.63) is 28.2 Å². The summed E-state index contributed by atoms with van der Waals surface area (Å²) in [7, 11) is 0. The van der Waals surface area contributed by atoms with Gasteiger partial charge in [-0.05, 0) is 24.6 Å². The molecule has 1 saturated heterocycles. The molecule has 1 aliphatic heterocycles. The Morgan fingerprint density at radius 2 is 2.00 bits per heavy atom. The molecule has 0 radical (unpaired) electrons. The van der Waals surface area contributed by atoms with Gasteiger partial charge in [0.05, 0.1) is 12.6 Å². The predicted octanol–water partition coefficient (Wildman–Crippen LogP) is 2.90. The number of urea groups is 1. The minimum Gasteiger partial charge on any atom is -0.379 e. The summed E-state index contributed by atoms with van der Waals surface area (Å²) >= 11 is 11.7. The average molecular weight is 275 g/mol. The first-order valence-electron chi connectivity index (χ1n) is 5.25. The van der Waals surface area contributed by atoms with Crippen LogP contribution in [-0.4, -0.2) is 25.3 Å². The maximum absolute atomic E-state index is 11.6. The van der Waals surface area contributed by atoms with Gasteiger partial charge in [-0.3, -0.25) is 0 Å². The Balaban J connectivity index is 1.92. The molecule has 2 N–H and O–H groups in total. The van der Waals surface area contributed by atoms with Crippen molar-refractivity contribution in [2.24, 2.45) is 0 Å². The van der Waals surface area contributed by atoms with Crippen LogP contribution in [0.5, 0.6) is 0 Å². The molecule has 1 heterocycles. The number of ether oxygens (including phenoxy) is 1. The molecule has 1 atom stereocenters. The summed E-state index contributed by atoms with van der Waals surface area (Å²) < 4.78 is 5.16. The van der Waals surface area contributed by atoms with Crippen molar-refractivity contribution in [2.75, 3.05) is 18.5 Å². The minimum atomic E-state index is -0.279. The largest absolute Gasteiger partial charge is 0.379 e. The van der Waals surface area contributed by atoms with Crippen molar-refractivity contribution >= 4 is 34.9 Å². The molecule has 0 aromatic heterocycles. The monoisotopic (exact) mass is 274 g/mol. The van der Waals surface area contributed by atoms with Crippen LogP contribution in [0, 0.1) is 0 Å². The fourth-order valence-electron chi connectivity index (χ4n) is 1.63. The third-order valence-corrected chi connectivity index (χ3v) is 2.82. The molecule has 1 aromatic carbocycles. The maximum atomic E-state index is 11.6. The van der Waals surface area contributed by atoms with Gasteiger partial charge in [0.25, 0.3) is 0 Å². The van der Waals surface area contributed by atoms with Crippen LogP contribution >= 0.6 is 23.2 Å². The standard InChI is InChI=1S/C11H12Cl2N2O2/c12-7-3-8(13)5-10(4-7)15-11(16)14-9-1-2-17-6-9/h3-5,9H,1-2,6H2,(H2,14,15,16). The zero-order chi connectivity index (χ0) is 12.3. The first-order valence-corrected chi connectivity index (χ1v) is 6.00. The number of rotatable bonds is 2. The highest BCUT2D eigenvalue weighted by Gasteiger charge is 2.17. The molecule has 17 heavy (non-hydrogen) atoms. The van der Waals surface area contributed by atoms with E-state index in [1.165, 1.54) is 0 Å². The molecule has 2 rings (SSSR count). The van der Waals surface area contributed by atoms with Gasteiger partial charge in [0.1, 0.15) is 0 Å². The van der Waals surface area contributed by atoms with Gasteiger partial charge in [-0.2, -0.15) is 0 Å². The molecular weight excluding hydrogens is 263 g/mol. The minimum absolute atomic E-state index is 0.0738. The van der Waals surface area contributed by atoms with Gasteiger partial charge in [-0.15, -0.1) is 0 Å². The van der Waals surface area contributed by atoms with Crippen molar-refractivity contribution in [1.82, 2.24) is 5.32 Å². The summed E-state index contributed by atoms with van der Waals surface area (Å²) in [4.78, 5) is 11.6. The SMILES string of the molecule is O=C(Nc1cc(Cl)cc(Cl)c1)NC1CCOC1. The highest BCUT2D eigenvalue weighted by atomic mass is 35.5. The van der Waals surface area contributed by atoms with Crippen LogP contribution in [0.2, 0.25) is 10.0 Å². The third-order valence-electron chi connectivity index (χ3n) is 2.39. The number of carbonyl (C=O) groups is 1. The fourth-order valence-corrected chi connectivity index (χ4v) is 2.15. The van der Waals surface area contributed by atoms with E-state index in [1.807, 2.05) is 0 Å². The zero-order valence-corrected chi connectivity index (χ0v) is 10.5. The first kappa shape index (κ1) is 12.5. The molecule has 1 unspecified atom stereocenters. The van der Waals surface area contributed by atoms with Gasteiger partial charge in [-0.1, -0.05) is 23.2 Å². The molecule has 1 aliphatic rings. The van der Waals surface area contributed by atoms with Crippen LogP contribution in [0.3, 0.4) is 0 Å². The van der Waals surface area contributed by atoms with E-state index in [0.29, 0.717) is 28.9 Å². The van der Waals surface area contributed by atoms with Crippen molar-refractivity contribution < 1.29 is 9.53 Å². The first-order chi connectivity index (χ1) is 8.13. The number of hydrogen-bond donors (Lipinski definition) is 2. The molecular formula is C11H12Cl2N2O2. The molecule has 6 heteroatoms. The zero-order valence-electron chi connectivity index (χ0n) is 9.00. The summed E-state index contributed by atoms with van der Waals surface area (Å²) in [5, 5.41) is 6.45. The van der Waals surface area contributed by atoms with Gasteiger partial charge >= 0.3 is 6.03 Å². The Kier molecular flexibility index (Phi) is 4.10. The highest BCUT2D eigenvalue weighted by molar-refractivity contribution is 6.35. The number of hydrogen-bond acceptors (Lipinski definition) is 2. The van der Waals surface area contributed by atoms with Crippen molar-refractivity contribution in [1.29, 1.82) is 0 Å². The highest BCUT2D eigenvalue weighted by Crippen LogP contribution is 2.22. The predicted molar refractivity (Wildman–Crippen MR) is 67.8 cm³/mol. The number of halogens is 2. The average Bonchev–Trinajstić information content (AvgIpc) is 2.67. The topological polar surface area (TPSA) is 50.4 Å². The van der Waals surface area contributed by atoms with Crippen molar-refractivity contribution in [3.63, 3.8) is 0 Å². The molecule has 0 bridgehead atoms. The van der Waals surface area contributed by atoms with Crippen LogP contribution in [0.15, 0.2) is 18.2 Å². The molecule has 0 spiro atoms. The van der Waals surface area contributed by atoms with Crippen LogP contribution in [0.1, 0.15) is 6.42 Å². The van der Waals surface area contributed by atoms with Crippen molar-refractivity contribution in [2.45, 2.75) is 12.5 Å². The summed E-state index contributed by atoms with van der Waals surface area (Å²) in [6.07, 6.45) is 0.837. The maximum Gasteiger partial charge on any atom is 0.319 e. The molecule has 2 amide bonds. The normalized spacial score (nSPS) is 19.1. The van der Waals surface area contributed by atoms with Gasteiger partial charge < -0.3 is 15.4 Å².